The number of amides is 2. The number of thiazole rings is 1. The summed E-state index contributed by atoms with van der Waals surface area (Å²) in [5, 5.41) is 6.80. The molecule has 36 heavy (non-hydrogen) atoms. The van der Waals surface area contributed by atoms with Crippen LogP contribution in [0.2, 0.25) is 0 Å². The lowest BCUT2D eigenvalue weighted by molar-refractivity contribution is 0.00845. The maximum Gasteiger partial charge on any atom is 0.273 e. The first-order valence-electron chi connectivity index (χ1n) is 11.6. The van der Waals surface area contributed by atoms with E-state index in [0.717, 1.165) is 30.6 Å². The van der Waals surface area contributed by atoms with E-state index in [1.165, 1.54) is 22.1 Å². The van der Waals surface area contributed by atoms with Crippen LogP contribution in [0.4, 0.5) is 8.78 Å². The SMILES string of the molecule is O=C(c1ccc2c(cnn2-c2ccc(F)c(F)c2)c1)N1CC(N2CCN(C(=O)c3cscn3)CC2)C1. The van der Waals surface area contributed by atoms with Crippen molar-refractivity contribution in [3.8, 4) is 5.69 Å². The van der Waals surface area contributed by atoms with E-state index in [0.29, 0.717) is 48.6 Å². The van der Waals surface area contributed by atoms with Gasteiger partial charge in [-0.1, -0.05) is 0 Å². The molecule has 2 aliphatic heterocycles. The van der Waals surface area contributed by atoms with Gasteiger partial charge in [0.2, 0.25) is 0 Å². The second-order valence-electron chi connectivity index (χ2n) is 8.99. The van der Waals surface area contributed by atoms with Gasteiger partial charge < -0.3 is 9.80 Å². The molecule has 2 fully saturated rings. The highest BCUT2D eigenvalue weighted by molar-refractivity contribution is 7.07. The second-order valence-corrected chi connectivity index (χ2v) is 9.71. The van der Waals surface area contributed by atoms with Crippen LogP contribution in [0.25, 0.3) is 16.6 Å². The first-order chi connectivity index (χ1) is 17.5. The van der Waals surface area contributed by atoms with Crippen LogP contribution in [0.1, 0.15) is 20.8 Å². The second kappa shape index (κ2) is 9.07. The number of carbonyl (C=O) groups is 2. The summed E-state index contributed by atoms with van der Waals surface area (Å²) < 4.78 is 28.5. The van der Waals surface area contributed by atoms with Gasteiger partial charge in [0.25, 0.3) is 11.8 Å². The lowest BCUT2D eigenvalue weighted by atomic mass is 10.0. The molecule has 4 aromatic rings. The zero-order valence-corrected chi connectivity index (χ0v) is 20.0. The maximum atomic E-state index is 13.7. The molecule has 2 aliphatic rings. The zero-order valence-electron chi connectivity index (χ0n) is 19.2. The number of hydrogen-bond donors (Lipinski definition) is 0. The van der Waals surface area contributed by atoms with Crippen LogP contribution in [-0.4, -0.2) is 86.6 Å². The molecule has 2 aromatic heterocycles. The van der Waals surface area contributed by atoms with Crippen molar-refractivity contribution in [1.82, 2.24) is 29.5 Å². The average molecular weight is 509 g/mol. The molecule has 184 valence electrons. The summed E-state index contributed by atoms with van der Waals surface area (Å²) in [5.41, 5.74) is 3.83. The van der Waals surface area contributed by atoms with Crippen LogP contribution in [-0.2, 0) is 0 Å². The number of carbonyl (C=O) groups excluding carboxylic acids is 2. The van der Waals surface area contributed by atoms with E-state index in [-0.39, 0.29) is 17.9 Å². The minimum atomic E-state index is -0.942. The molecule has 11 heteroatoms. The monoisotopic (exact) mass is 508 g/mol. The molecule has 0 bridgehead atoms. The summed E-state index contributed by atoms with van der Waals surface area (Å²) in [6.07, 6.45) is 1.61. The summed E-state index contributed by atoms with van der Waals surface area (Å²) in [6, 6.07) is 9.18. The molecule has 0 saturated carbocycles. The molecule has 0 spiro atoms. The van der Waals surface area contributed by atoms with Gasteiger partial charge in [-0.05, 0) is 30.3 Å². The fourth-order valence-electron chi connectivity index (χ4n) is 4.79. The van der Waals surface area contributed by atoms with Gasteiger partial charge in [-0.15, -0.1) is 11.3 Å². The predicted molar refractivity (Wildman–Crippen MR) is 130 cm³/mol. The molecular weight excluding hydrogens is 486 g/mol. The number of aromatic nitrogens is 3. The molecule has 6 rings (SSSR count). The van der Waals surface area contributed by atoms with Crippen molar-refractivity contribution in [2.45, 2.75) is 6.04 Å². The lowest BCUT2D eigenvalue weighted by Gasteiger charge is -2.48. The van der Waals surface area contributed by atoms with Crippen molar-refractivity contribution >= 4 is 34.1 Å². The summed E-state index contributed by atoms with van der Waals surface area (Å²) in [5.74, 6) is -1.93. The summed E-state index contributed by atoms with van der Waals surface area (Å²) >= 11 is 1.42. The minimum Gasteiger partial charge on any atom is -0.335 e. The first kappa shape index (κ1) is 22.7. The molecule has 4 heterocycles. The number of piperazine rings is 1. The first-order valence-corrected chi connectivity index (χ1v) is 12.6. The number of nitrogens with zero attached hydrogens (tertiary/aromatic N) is 6. The Labute approximate surface area is 209 Å². The standard InChI is InChI=1S/C25H22F2N6O2S/c26-20-3-2-18(10-21(20)27)33-23-4-1-16(9-17(23)11-29-33)24(34)32-12-19(13-32)30-5-7-31(8-6-30)25(35)22-14-36-15-28-22/h1-4,9-11,14-15,19H,5-8,12-13H2. The van der Waals surface area contributed by atoms with E-state index in [2.05, 4.69) is 15.0 Å². The zero-order chi connectivity index (χ0) is 24.8. The number of likely N-dealkylation sites (tertiary alicyclic amines) is 1. The van der Waals surface area contributed by atoms with Gasteiger partial charge in [0.1, 0.15) is 5.69 Å². The van der Waals surface area contributed by atoms with Crippen LogP contribution >= 0.6 is 11.3 Å². The molecule has 8 nitrogen and oxygen atoms in total. The highest BCUT2D eigenvalue weighted by Gasteiger charge is 2.37. The maximum absolute atomic E-state index is 13.7. The van der Waals surface area contributed by atoms with Crippen LogP contribution in [0, 0.1) is 11.6 Å². The van der Waals surface area contributed by atoms with Gasteiger partial charge in [-0.3, -0.25) is 14.5 Å². The number of rotatable bonds is 4. The van der Waals surface area contributed by atoms with Gasteiger partial charge in [0.15, 0.2) is 11.6 Å². The number of benzene rings is 2. The summed E-state index contributed by atoms with van der Waals surface area (Å²) in [7, 11) is 0. The van der Waals surface area contributed by atoms with Crippen molar-refractivity contribution in [1.29, 1.82) is 0 Å². The molecular formula is C25H22F2N6O2S. The van der Waals surface area contributed by atoms with Gasteiger partial charge >= 0.3 is 0 Å². The third-order valence-corrected chi connectivity index (χ3v) is 7.47. The summed E-state index contributed by atoms with van der Waals surface area (Å²) in [4.78, 5) is 35.6. The van der Waals surface area contributed by atoms with E-state index < -0.39 is 11.6 Å². The Balaban J connectivity index is 1.07. The molecule has 2 aromatic carbocycles. The number of fused-ring (bicyclic) bond motifs is 1. The molecule has 2 saturated heterocycles. The Morgan fingerprint density at radius 2 is 1.72 bits per heavy atom. The van der Waals surface area contributed by atoms with Crippen molar-refractivity contribution in [2.24, 2.45) is 0 Å². The molecule has 2 amide bonds. The van der Waals surface area contributed by atoms with Crippen molar-refractivity contribution in [2.75, 3.05) is 39.3 Å². The van der Waals surface area contributed by atoms with Crippen molar-refractivity contribution in [3.63, 3.8) is 0 Å². The Hall–Kier alpha value is -3.70. The smallest absolute Gasteiger partial charge is 0.273 e. The highest BCUT2D eigenvalue weighted by atomic mass is 32.1. The fourth-order valence-corrected chi connectivity index (χ4v) is 5.32. The quantitative estimate of drug-likeness (QED) is 0.424. The largest absolute Gasteiger partial charge is 0.335 e. The third-order valence-electron chi connectivity index (χ3n) is 6.88. The average Bonchev–Trinajstić information content (AvgIpc) is 3.55. The van der Waals surface area contributed by atoms with E-state index in [9.17, 15) is 18.4 Å². The Kier molecular flexibility index (Phi) is 5.73. The molecule has 0 radical (unpaired) electrons. The van der Waals surface area contributed by atoms with E-state index in [1.54, 1.807) is 35.3 Å². The van der Waals surface area contributed by atoms with Crippen LogP contribution in [0.5, 0.6) is 0 Å². The molecule has 0 N–H and O–H groups in total. The number of hydrogen-bond acceptors (Lipinski definition) is 6. The van der Waals surface area contributed by atoms with Crippen LogP contribution < -0.4 is 0 Å². The molecule has 0 aliphatic carbocycles. The Morgan fingerprint density at radius 1 is 0.917 bits per heavy atom. The van der Waals surface area contributed by atoms with Crippen molar-refractivity contribution < 1.29 is 18.4 Å². The topological polar surface area (TPSA) is 74.6 Å². The van der Waals surface area contributed by atoms with Gasteiger partial charge in [-0.25, -0.2) is 18.4 Å². The molecule has 0 unspecified atom stereocenters. The van der Waals surface area contributed by atoms with E-state index in [1.807, 2.05) is 9.80 Å². The van der Waals surface area contributed by atoms with Crippen molar-refractivity contribution in [3.05, 3.63) is 76.4 Å². The molecule has 0 atom stereocenters. The lowest BCUT2D eigenvalue weighted by Crippen LogP contribution is -2.64. The highest BCUT2D eigenvalue weighted by Crippen LogP contribution is 2.24. The van der Waals surface area contributed by atoms with Gasteiger partial charge in [0, 0.05) is 67.7 Å². The van der Waals surface area contributed by atoms with Crippen LogP contribution in [0.3, 0.4) is 0 Å². The predicted octanol–water partition coefficient (Wildman–Crippen LogP) is 3.04. The Morgan fingerprint density at radius 3 is 2.44 bits per heavy atom. The van der Waals surface area contributed by atoms with E-state index >= 15 is 0 Å². The summed E-state index contributed by atoms with van der Waals surface area (Å²) in [6.45, 7) is 4.14. The minimum absolute atomic E-state index is 0.0235. The fraction of sp³-hybridized carbons (Fsp3) is 0.280. The Bertz CT molecular complexity index is 1440. The number of halogens is 2. The van der Waals surface area contributed by atoms with Crippen LogP contribution in [0.15, 0.2) is 53.5 Å². The van der Waals surface area contributed by atoms with E-state index in [4.69, 9.17) is 0 Å². The third kappa shape index (κ3) is 4.03. The van der Waals surface area contributed by atoms with Gasteiger partial charge in [-0.2, -0.15) is 5.10 Å². The van der Waals surface area contributed by atoms with Gasteiger partial charge in [0.05, 0.1) is 22.9 Å². The normalized spacial score (nSPS) is 16.9.